The van der Waals surface area contributed by atoms with Crippen molar-refractivity contribution < 1.29 is 29.2 Å². The predicted molar refractivity (Wildman–Crippen MR) is 116 cm³/mol. The summed E-state index contributed by atoms with van der Waals surface area (Å²) in [6.07, 6.45) is 2.49. The van der Waals surface area contributed by atoms with Crippen LogP contribution in [0.2, 0.25) is 0 Å². The van der Waals surface area contributed by atoms with Crippen molar-refractivity contribution >= 4 is 46.7 Å². The second-order valence-electron chi connectivity index (χ2n) is 6.15. The Morgan fingerprint density at radius 1 is 1.19 bits per heavy atom. The molecular weight excluding hydrogens is 440 g/mol. The largest absolute Gasteiger partial charge is 0.477 e. The van der Waals surface area contributed by atoms with Gasteiger partial charge in [-0.3, -0.25) is 20.2 Å². The Morgan fingerprint density at radius 2 is 1.88 bits per heavy atom. The van der Waals surface area contributed by atoms with Crippen LogP contribution in [-0.2, 0) is 14.3 Å². The van der Waals surface area contributed by atoms with Crippen molar-refractivity contribution in [3.63, 3.8) is 0 Å². The van der Waals surface area contributed by atoms with Gasteiger partial charge in [0.15, 0.2) is 5.17 Å². The highest BCUT2D eigenvalue weighted by atomic mass is 32.2. The lowest BCUT2D eigenvalue weighted by Gasteiger charge is -2.04. The lowest BCUT2D eigenvalue weighted by Crippen LogP contribution is -2.19. The summed E-state index contributed by atoms with van der Waals surface area (Å²) in [6, 6.07) is 10.7. The third-order valence-electron chi connectivity index (χ3n) is 4.13. The molecule has 1 saturated heterocycles. The van der Waals surface area contributed by atoms with Crippen LogP contribution in [0.1, 0.15) is 15.9 Å². The van der Waals surface area contributed by atoms with Crippen LogP contribution in [0.25, 0.3) is 11.1 Å². The number of nitro benzene ring substituents is 1. The molecular formula is C20H14N4O7S. The smallest absolute Gasteiger partial charge is 0.342 e. The SMILES string of the molecule is COC(=O)/C=C1/S/C(=N\N=Cc2ccc(-c3ccc(C(=O)O)c([N+](=O)[O-])c3)cc2)NC1=O. The van der Waals surface area contributed by atoms with E-state index in [2.05, 4.69) is 20.3 Å². The molecule has 0 bridgehead atoms. The van der Waals surface area contributed by atoms with E-state index >= 15 is 0 Å². The van der Waals surface area contributed by atoms with Gasteiger partial charge in [-0.2, -0.15) is 5.10 Å². The monoisotopic (exact) mass is 454 g/mol. The summed E-state index contributed by atoms with van der Waals surface area (Å²) in [4.78, 5) is 44.7. The molecule has 0 unspecified atom stereocenters. The van der Waals surface area contributed by atoms with Crippen LogP contribution in [0.5, 0.6) is 0 Å². The zero-order valence-electron chi connectivity index (χ0n) is 16.3. The lowest BCUT2D eigenvalue weighted by molar-refractivity contribution is -0.385. The van der Waals surface area contributed by atoms with Crippen molar-refractivity contribution in [2.75, 3.05) is 7.11 Å². The summed E-state index contributed by atoms with van der Waals surface area (Å²) in [5, 5.41) is 30.7. The van der Waals surface area contributed by atoms with Crippen LogP contribution in [0.15, 0.2) is 63.6 Å². The van der Waals surface area contributed by atoms with E-state index in [1.165, 1.54) is 31.5 Å². The Balaban J connectivity index is 1.73. The molecule has 2 N–H and O–H groups in total. The Kier molecular flexibility index (Phi) is 6.75. The molecule has 0 aliphatic carbocycles. The topological polar surface area (TPSA) is 161 Å². The fourth-order valence-corrected chi connectivity index (χ4v) is 3.33. The number of aromatic carboxylic acids is 1. The Morgan fingerprint density at radius 3 is 2.50 bits per heavy atom. The molecule has 2 aromatic carbocycles. The number of benzene rings is 2. The molecule has 32 heavy (non-hydrogen) atoms. The molecule has 162 valence electrons. The number of nitrogens with zero attached hydrogens (tertiary/aromatic N) is 3. The fourth-order valence-electron chi connectivity index (χ4n) is 2.59. The van der Waals surface area contributed by atoms with Gasteiger partial charge in [-0.15, -0.1) is 5.10 Å². The van der Waals surface area contributed by atoms with E-state index < -0.39 is 28.5 Å². The van der Waals surface area contributed by atoms with Gasteiger partial charge in [0.2, 0.25) is 0 Å². The number of hydrogen-bond acceptors (Lipinski definition) is 9. The second kappa shape index (κ2) is 9.66. The quantitative estimate of drug-likeness (QED) is 0.221. The van der Waals surface area contributed by atoms with E-state index in [0.717, 1.165) is 17.8 Å². The van der Waals surface area contributed by atoms with Crippen molar-refractivity contribution in [3.8, 4) is 11.1 Å². The molecule has 12 heteroatoms. The molecule has 0 atom stereocenters. The highest BCUT2D eigenvalue weighted by Gasteiger charge is 2.25. The molecule has 1 amide bonds. The number of methoxy groups -OCH3 is 1. The molecule has 0 saturated carbocycles. The highest BCUT2D eigenvalue weighted by Crippen LogP contribution is 2.27. The van der Waals surface area contributed by atoms with Crippen LogP contribution < -0.4 is 5.32 Å². The minimum atomic E-state index is -1.37. The molecule has 0 aromatic heterocycles. The first kappa shape index (κ1) is 22.4. The molecule has 3 rings (SSSR count). The number of amides is 1. The average molecular weight is 454 g/mol. The van der Waals surface area contributed by atoms with Gasteiger partial charge in [0, 0.05) is 12.1 Å². The number of carbonyl (C=O) groups excluding carboxylic acids is 2. The standard InChI is InChI=1S/C20H14N4O7S/c1-31-17(25)9-16-18(26)22-20(32-16)23-21-10-11-2-4-12(5-3-11)13-6-7-14(19(27)28)15(8-13)24(29)30/h2-10H,1H3,(H,27,28)(H,22,23,26)/b16-9+,21-10?. The minimum Gasteiger partial charge on any atom is -0.477 e. The third-order valence-corrected chi connectivity index (χ3v) is 5.03. The molecule has 1 aliphatic rings. The average Bonchev–Trinajstić information content (AvgIpc) is 3.12. The van der Waals surface area contributed by atoms with E-state index in [1.54, 1.807) is 24.3 Å². The number of thioether (sulfide) groups is 1. The van der Waals surface area contributed by atoms with Crippen molar-refractivity contribution in [2.24, 2.45) is 10.2 Å². The second-order valence-corrected chi connectivity index (χ2v) is 7.18. The Labute approximate surface area is 184 Å². The number of ether oxygens (including phenoxy) is 1. The number of hydrogen-bond donors (Lipinski definition) is 2. The first-order valence-corrected chi connectivity index (χ1v) is 9.62. The maximum Gasteiger partial charge on any atom is 0.342 e. The van der Waals surface area contributed by atoms with E-state index in [4.69, 9.17) is 5.11 Å². The van der Waals surface area contributed by atoms with Crippen molar-refractivity contribution in [2.45, 2.75) is 0 Å². The van der Waals surface area contributed by atoms with Gasteiger partial charge in [0.25, 0.3) is 11.6 Å². The summed E-state index contributed by atoms with van der Waals surface area (Å²) < 4.78 is 4.47. The summed E-state index contributed by atoms with van der Waals surface area (Å²) in [5.41, 5.74) is 0.913. The van der Waals surface area contributed by atoms with E-state index in [9.17, 15) is 24.5 Å². The van der Waals surface area contributed by atoms with Gasteiger partial charge in [-0.25, -0.2) is 9.59 Å². The van der Waals surface area contributed by atoms with Crippen molar-refractivity contribution in [1.82, 2.24) is 5.32 Å². The molecule has 0 spiro atoms. The van der Waals surface area contributed by atoms with E-state index in [1.807, 2.05) is 0 Å². The number of carboxylic acid groups (broad SMARTS) is 1. The summed E-state index contributed by atoms with van der Waals surface area (Å²) in [6.45, 7) is 0. The first-order chi connectivity index (χ1) is 15.3. The number of carbonyl (C=O) groups is 3. The normalized spacial score (nSPS) is 15.8. The van der Waals surface area contributed by atoms with Crippen LogP contribution in [0.3, 0.4) is 0 Å². The van der Waals surface area contributed by atoms with Gasteiger partial charge in [-0.05, 0) is 34.5 Å². The van der Waals surface area contributed by atoms with Crippen LogP contribution >= 0.6 is 11.8 Å². The summed E-state index contributed by atoms with van der Waals surface area (Å²) in [5.74, 6) is -2.52. The minimum absolute atomic E-state index is 0.137. The van der Waals surface area contributed by atoms with Crippen LogP contribution in [0, 0.1) is 10.1 Å². The lowest BCUT2D eigenvalue weighted by atomic mass is 10.0. The van der Waals surface area contributed by atoms with Gasteiger partial charge in [0.05, 0.1) is 23.2 Å². The van der Waals surface area contributed by atoms with E-state index in [0.29, 0.717) is 16.7 Å². The van der Waals surface area contributed by atoms with Crippen LogP contribution in [-0.4, -0.2) is 46.4 Å². The number of nitro groups is 1. The number of esters is 1. The number of carboxylic acids is 1. The first-order valence-electron chi connectivity index (χ1n) is 8.80. The fraction of sp³-hybridized carbons (Fsp3) is 0.0500. The molecule has 0 radical (unpaired) electrons. The molecule has 11 nitrogen and oxygen atoms in total. The third kappa shape index (κ3) is 5.23. The number of amidine groups is 1. The number of nitrogens with one attached hydrogen (secondary N) is 1. The molecule has 1 heterocycles. The predicted octanol–water partition coefficient (Wildman–Crippen LogP) is 2.57. The van der Waals surface area contributed by atoms with Crippen molar-refractivity contribution in [3.05, 3.63) is 74.7 Å². The van der Waals surface area contributed by atoms with Gasteiger partial charge < -0.3 is 9.84 Å². The molecule has 2 aromatic rings. The van der Waals surface area contributed by atoms with Crippen molar-refractivity contribution in [1.29, 1.82) is 0 Å². The van der Waals surface area contributed by atoms with Crippen LogP contribution in [0.4, 0.5) is 5.69 Å². The summed E-state index contributed by atoms with van der Waals surface area (Å²) in [7, 11) is 1.20. The molecule has 1 aliphatic heterocycles. The maximum atomic E-state index is 11.8. The zero-order valence-corrected chi connectivity index (χ0v) is 17.2. The number of rotatable bonds is 6. The Hall–Kier alpha value is -4.32. The molecule has 1 fully saturated rings. The van der Waals surface area contributed by atoms with Gasteiger partial charge in [-0.1, -0.05) is 30.3 Å². The maximum absolute atomic E-state index is 11.8. The highest BCUT2D eigenvalue weighted by molar-refractivity contribution is 8.18. The van der Waals surface area contributed by atoms with Gasteiger partial charge in [0.1, 0.15) is 5.56 Å². The van der Waals surface area contributed by atoms with E-state index in [-0.39, 0.29) is 15.6 Å². The summed E-state index contributed by atoms with van der Waals surface area (Å²) >= 11 is 0.943. The zero-order chi connectivity index (χ0) is 23.3. The Bertz CT molecular complexity index is 1200. The van der Waals surface area contributed by atoms with Gasteiger partial charge >= 0.3 is 11.9 Å².